The molecule has 2 N–H and O–H groups in total. The van der Waals surface area contributed by atoms with Gasteiger partial charge in [0.15, 0.2) is 0 Å². The van der Waals surface area contributed by atoms with Crippen molar-refractivity contribution in [2.45, 2.75) is 32.4 Å². The van der Waals surface area contributed by atoms with Crippen molar-refractivity contribution in [1.82, 2.24) is 4.98 Å². The molecule has 0 saturated carbocycles. The average Bonchev–Trinajstić information content (AvgIpc) is 2.77. The highest BCUT2D eigenvalue weighted by atomic mass is 32.1. The average molecular weight is 213 g/mol. The van der Waals surface area contributed by atoms with Gasteiger partial charge in [-0.3, -0.25) is 0 Å². The molecule has 1 aromatic rings. The van der Waals surface area contributed by atoms with Crippen LogP contribution in [0.5, 0.6) is 0 Å². The Morgan fingerprint density at radius 2 is 2.64 bits per heavy atom. The summed E-state index contributed by atoms with van der Waals surface area (Å²) >= 11 is 1.75. The topological polar surface area (TPSA) is 38.7 Å². The number of aromatic nitrogens is 1. The molecule has 0 aromatic carbocycles. The number of ether oxygens (including phenoxy) is 1. The van der Waals surface area contributed by atoms with Crippen LogP contribution in [0.2, 0.25) is 0 Å². The molecule has 0 unspecified atom stereocenters. The summed E-state index contributed by atoms with van der Waals surface area (Å²) in [6, 6.07) is 0. The van der Waals surface area contributed by atoms with E-state index >= 15 is 0 Å². The molecule has 0 spiro atoms. The van der Waals surface area contributed by atoms with Gasteiger partial charge in [0.1, 0.15) is 24.2 Å². The second-order valence-corrected chi connectivity index (χ2v) is 4.69. The number of hydrogen-bond donors (Lipinski definition) is 1. The third kappa shape index (κ3) is 2.77. The highest BCUT2D eigenvalue weighted by Crippen LogP contribution is 2.10. The SMILES string of the molecule is Cc1csc(C[NH2+]C[C@H]2CCCO2)n1. The highest BCUT2D eigenvalue weighted by molar-refractivity contribution is 7.09. The van der Waals surface area contributed by atoms with Crippen molar-refractivity contribution in [3.05, 3.63) is 16.1 Å². The van der Waals surface area contributed by atoms with E-state index in [2.05, 4.69) is 15.7 Å². The number of rotatable bonds is 4. The van der Waals surface area contributed by atoms with E-state index in [1.165, 1.54) is 17.8 Å². The maximum Gasteiger partial charge on any atom is 0.147 e. The summed E-state index contributed by atoms with van der Waals surface area (Å²) in [5.74, 6) is 0. The summed E-state index contributed by atoms with van der Waals surface area (Å²) in [5.41, 5.74) is 1.13. The van der Waals surface area contributed by atoms with E-state index in [-0.39, 0.29) is 0 Å². The van der Waals surface area contributed by atoms with Crippen molar-refractivity contribution in [1.29, 1.82) is 0 Å². The van der Waals surface area contributed by atoms with Gasteiger partial charge in [0.2, 0.25) is 0 Å². The van der Waals surface area contributed by atoms with Crippen LogP contribution in [0.3, 0.4) is 0 Å². The number of quaternary nitrogens is 1. The molecule has 1 saturated heterocycles. The predicted octanol–water partition coefficient (Wildman–Crippen LogP) is 0.694. The number of thiazole rings is 1. The summed E-state index contributed by atoms with van der Waals surface area (Å²) in [4.78, 5) is 4.42. The van der Waals surface area contributed by atoms with Crippen molar-refractivity contribution < 1.29 is 10.1 Å². The fourth-order valence-electron chi connectivity index (χ4n) is 1.72. The quantitative estimate of drug-likeness (QED) is 0.799. The van der Waals surface area contributed by atoms with Crippen molar-refractivity contribution in [2.75, 3.05) is 13.2 Å². The summed E-state index contributed by atoms with van der Waals surface area (Å²) in [6.07, 6.45) is 2.94. The Morgan fingerprint density at radius 1 is 1.71 bits per heavy atom. The second-order valence-electron chi connectivity index (χ2n) is 3.75. The Balaban J connectivity index is 1.67. The Hall–Kier alpha value is -0.450. The van der Waals surface area contributed by atoms with E-state index in [1.54, 1.807) is 11.3 Å². The Kier molecular flexibility index (Phi) is 3.50. The maximum absolute atomic E-state index is 5.55. The van der Waals surface area contributed by atoms with Gasteiger partial charge in [0.05, 0.1) is 0 Å². The molecule has 1 aromatic heterocycles. The van der Waals surface area contributed by atoms with E-state index < -0.39 is 0 Å². The van der Waals surface area contributed by atoms with E-state index in [0.717, 1.165) is 25.4 Å². The molecule has 14 heavy (non-hydrogen) atoms. The molecule has 0 radical (unpaired) electrons. The first-order valence-electron chi connectivity index (χ1n) is 5.19. The van der Waals surface area contributed by atoms with E-state index in [1.807, 2.05) is 6.92 Å². The zero-order valence-corrected chi connectivity index (χ0v) is 9.35. The lowest BCUT2D eigenvalue weighted by Crippen LogP contribution is -2.84. The zero-order chi connectivity index (χ0) is 9.80. The fraction of sp³-hybridized carbons (Fsp3) is 0.700. The van der Waals surface area contributed by atoms with E-state index in [4.69, 9.17) is 4.74 Å². The molecule has 4 heteroatoms. The standard InChI is InChI=1S/C10H16N2OS/c1-8-7-14-10(12-8)6-11-5-9-3-2-4-13-9/h7,9,11H,2-6H2,1H3/p+1/t9-/m1/s1. The largest absolute Gasteiger partial charge is 0.372 e. The van der Waals surface area contributed by atoms with Gasteiger partial charge < -0.3 is 10.1 Å². The van der Waals surface area contributed by atoms with Gasteiger partial charge in [-0.15, -0.1) is 11.3 Å². The second kappa shape index (κ2) is 4.87. The minimum absolute atomic E-state index is 0.482. The number of hydrogen-bond acceptors (Lipinski definition) is 3. The monoisotopic (exact) mass is 213 g/mol. The van der Waals surface area contributed by atoms with Crippen LogP contribution >= 0.6 is 11.3 Å². The molecule has 3 nitrogen and oxygen atoms in total. The smallest absolute Gasteiger partial charge is 0.147 e. The minimum atomic E-state index is 0.482. The van der Waals surface area contributed by atoms with Crippen molar-refractivity contribution in [3.8, 4) is 0 Å². The first-order valence-corrected chi connectivity index (χ1v) is 6.07. The molecule has 78 valence electrons. The van der Waals surface area contributed by atoms with E-state index in [9.17, 15) is 0 Å². The highest BCUT2D eigenvalue weighted by Gasteiger charge is 2.16. The van der Waals surface area contributed by atoms with Crippen LogP contribution in [0.25, 0.3) is 0 Å². The summed E-state index contributed by atoms with van der Waals surface area (Å²) < 4.78 is 5.55. The van der Waals surface area contributed by atoms with Gasteiger partial charge in [0, 0.05) is 17.7 Å². The fourth-order valence-corrected chi connectivity index (χ4v) is 2.49. The lowest BCUT2D eigenvalue weighted by Gasteiger charge is -2.06. The van der Waals surface area contributed by atoms with Crippen molar-refractivity contribution in [2.24, 2.45) is 0 Å². The minimum Gasteiger partial charge on any atom is -0.372 e. The van der Waals surface area contributed by atoms with Crippen LogP contribution in [0.1, 0.15) is 23.5 Å². The summed E-state index contributed by atoms with van der Waals surface area (Å²) in [5, 5.41) is 5.63. The van der Waals surface area contributed by atoms with Gasteiger partial charge in [-0.1, -0.05) is 0 Å². The van der Waals surface area contributed by atoms with Gasteiger partial charge in [-0.05, 0) is 19.8 Å². The maximum atomic E-state index is 5.55. The third-order valence-electron chi connectivity index (χ3n) is 2.44. The third-order valence-corrected chi connectivity index (χ3v) is 3.43. The molecule has 2 heterocycles. The van der Waals surface area contributed by atoms with Crippen molar-refractivity contribution >= 4 is 11.3 Å². The van der Waals surface area contributed by atoms with E-state index in [0.29, 0.717) is 6.10 Å². The molecule has 1 aliphatic rings. The number of nitrogens with zero attached hydrogens (tertiary/aromatic N) is 1. The normalized spacial score (nSPS) is 21.6. The molecule has 1 aliphatic heterocycles. The van der Waals surface area contributed by atoms with Crippen LogP contribution in [0.4, 0.5) is 0 Å². The van der Waals surface area contributed by atoms with Gasteiger partial charge in [0.25, 0.3) is 0 Å². The molecule has 1 atom stereocenters. The molecule has 0 amide bonds. The van der Waals surface area contributed by atoms with Crippen LogP contribution in [-0.4, -0.2) is 24.2 Å². The zero-order valence-electron chi connectivity index (χ0n) is 8.53. The first kappa shape index (κ1) is 10.1. The molecule has 0 bridgehead atoms. The van der Waals surface area contributed by atoms with Gasteiger partial charge >= 0.3 is 0 Å². The Morgan fingerprint density at radius 3 is 3.29 bits per heavy atom. The van der Waals surface area contributed by atoms with Crippen LogP contribution in [0.15, 0.2) is 5.38 Å². The summed E-state index contributed by atoms with van der Waals surface area (Å²) in [6.45, 7) is 5.08. The molecule has 2 rings (SSSR count). The number of aryl methyl sites for hydroxylation is 1. The van der Waals surface area contributed by atoms with Gasteiger partial charge in [-0.25, -0.2) is 4.98 Å². The lowest BCUT2D eigenvalue weighted by atomic mass is 10.2. The Labute approximate surface area is 88.5 Å². The van der Waals surface area contributed by atoms with Crippen molar-refractivity contribution in [3.63, 3.8) is 0 Å². The van der Waals surface area contributed by atoms with Gasteiger partial charge in [-0.2, -0.15) is 0 Å². The summed E-state index contributed by atoms with van der Waals surface area (Å²) in [7, 11) is 0. The molecule has 1 fully saturated rings. The molecular formula is C10H17N2OS+. The predicted molar refractivity (Wildman–Crippen MR) is 56.3 cm³/mol. The Bertz CT molecular complexity index is 281. The van der Waals surface area contributed by atoms with Crippen LogP contribution < -0.4 is 5.32 Å². The first-order chi connectivity index (χ1) is 6.84. The molecular weight excluding hydrogens is 196 g/mol. The molecule has 0 aliphatic carbocycles. The lowest BCUT2D eigenvalue weighted by molar-refractivity contribution is -0.676. The van der Waals surface area contributed by atoms with Crippen LogP contribution in [-0.2, 0) is 11.3 Å². The van der Waals surface area contributed by atoms with Crippen LogP contribution in [0, 0.1) is 6.92 Å². The number of nitrogens with two attached hydrogens (primary N) is 1.